The highest BCUT2D eigenvalue weighted by Gasteiger charge is 2.32. The van der Waals surface area contributed by atoms with E-state index in [9.17, 15) is 9.59 Å². The van der Waals surface area contributed by atoms with Crippen molar-refractivity contribution in [1.29, 1.82) is 0 Å². The number of nitrogens with two attached hydrogens (primary N) is 1. The molecule has 1 heterocycles. The number of aromatic nitrogens is 2. The molecule has 0 aliphatic heterocycles. The highest BCUT2D eigenvalue weighted by Crippen LogP contribution is 2.36. The van der Waals surface area contributed by atoms with Gasteiger partial charge in [0, 0.05) is 23.7 Å². The summed E-state index contributed by atoms with van der Waals surface area (Å²) in [4.78, 5) is 26.9. The van der Waals surface area contributed by atoms with Gasteiger partial charge < -0.3 is 16.0 Å². The quantitative estimate of drug-likeness (QED) is 0.795. The van der Waals surface area contributed by atoms with Crippen LogP contribution in [0.2, 0.25) is 0 Å². The molecule has 1 amide bonds. The molecule has 1 aromatic heterocycles. The summed E-state index contributed by atoms with van der Waals surface area (Å²) in [7, 11) is 0. The lowest BCUT2D eigenvalue weighted by Gasteiger charge is -2.31. The smallest absolute Gasteiger partial charge is 0.326 e. The monoisotopic (exact) mass is 286 g/mol. The van der Waals surface area contributed by atoms with Crippen molar-refractivity contribution in [2.45, 2.75) is 37.8 Å². The van der Waals surface area contributed by atoms with Crippen molar-refractivity contribution >= 4 is 22.6 Å². The molecule has 0 spiro atoms. The van der Waals surface area contributed by atoms with E-state index < -0.39 is 0 Å². The van der Waals surface area contributed by atoms with Crippen molar-refractivity contribution < 1.29 is 4.79 Å². The minimum absolute atomic E-state index is 0.0203. The fourth-order valence-corrected chi connectivity index (χ4v) is 3.01. The van der Waals surface area contributed by atoms with Crippen LogP contribution in [0.5, 0.6) is 0 Å². The highest BCUT2D eigenvalue weighted by atomic mass is 16.2. The van der Waals surface area contributed by atoms with Crippen molar-refractivity contribution in [1.82, 2.24) is 9.55 Å². The van der Waals surface area contributed by atoms with Gasteiger partial charge in [0.2, 0.25) is 5.91 Å². The second-order valence-corrected chi connectivity index (χ2v) is 6.18. The zero-order valence-electron chi connectivity index (χ0n) is 11.6. The summed E-state index contributed by atoms with van der Waals surface area (Å²) in [5.74, 6) is 0.0412. The molecular formula is C15H18N4O2. The van der Waals surface area contributed by atoms with Gasteiger partial charge in [-0.1, -0.05) is 0 Å². The van der Waals surface area contributed by atoms with Gasteiger partial charge in [0.25, 0.3) is 0 Å². The first-order valence-electron chi connectivity index (χ1n) is 7.42. The number of H-pyrrole nitrogens is 1. The molecule has 0 saturated heterocycles. The van der Waals surface area contributed by atoms with E-state index in [2.05, 4.69) is 10.3 Å². The first-order valence-corrected chi connectivity index (χ1v) is 7.42. The number of anilines is 1. The number of amides is 1. The van der Waals surface area contributed by atoms with E-state index in [4.69, 9.17) is 5.73 Å². The molecule has 4 N–H and O–H groups in total. The molecule has 2 aromatic rings. The Labute approximate surface area is 121 Å². The Kier molecular flexibility index (Phi) is 2.68. The van der Waals surface area contributed by atoms with E-state index in [0.29, 0.717) is 6.04 Å². The third-order valence-corrected chi connectivity index (χ3v) is 4.44. The molecule has 0 bridgehead atoms. The molecule has 4 rings (SSSR count). The summed E-state index contributed by atoms with van der Waals surface area (Å²) >= 11 is 0. The maximum absolute atomic E-state index is 12.1. The Morgan fingerprint density at radius 3 is 2.76 bits per heavy atom. The minimum Gasteiger partial charge on any atom is -0.328 e. The molecule has 21 heavy (non-hydrogen) atoms. The zero-order chi connectivity index (χ0) is 14.6. The van der Waals surface area contributed by atoms with Gasteiger partial charge >= 0.3 is 5.69 Å². The first-order chi connectivity index (χ1) is 10.1. The maximum Gasteiger partial charge on any atom is 0.326 e. The Morgan fingerprint density at radius 1 is 1.33 bits per heavy atom. The predicted molar refractivity (Wildman–Crippen MR) is 80.2 cm³/mol. The minimum atomic E-state index is -0.0686. The lowest BCUT2D eigenvalue weighted by Crippen LogP contribution is -2.42. The van der Waals surface area contributed by atoms with E-state index in [1.807, 2.05) is 18.2 Å². The Morgan fingerprint density at radius 2 is 2.10 bits per heavy atom. The van der Waals surface area contributed by atoms with Crippen LogP contribution >= 0.6 is 0 Å². The summed E-state index contributed by atoms with van der Waals surface area (Å²) < 4.78 is 1.80. The normalized spacial score (nSPS) is 24.8. The number of aromatic amines is 1. The van der Waals surface area contributed by atoms with Gasteiger partial charge in [0.15, 0.2) is 0 Å². The van der Waals surface area contributed by atoms with Crippen LogP contribution in [-0.4, -0.2) is 21.5 Å². The van der Waals surface area contributed by atoms with Crippen LogP contribution in [0.3, 0.4) is 0 Å². The van der Waals surface area contributed by atoms with Crippen LogP contribution < -0.4 is 16.7 Å². The molecule has 110 valence electrons. The standard InChI is InChI=1S/C15H18N4O2/c16-9-5-8(6-9)14(20)17-10-1-4-12-13(7-10)19(11-2-3-11)15(21)18-12/h1,4,7-9,11H,2-3,5-6,16H2,(H,17,20)(H,18,21). The average molecular weight is 286 g/mol. The number of rotatable bonds is 3. The van der Waals surface area contributed by atoms with Crippen LogP contribution in [0.4, 0.5) is 5.69 Å². The topological polar surface area (TPSA) is 92.9 Å². The van der Waals surface area contributed by atoms with Crippen molar-refractivity contribution in [3.63, 3.8) is 0 Å². The number of hydrogen-bond acceptors (Lipinski definition) is 3. The summed E-state index contributed by atoms with van der Waals surface area (Å²) in [5, 5.41) is 2.93. The van der Waals surface area contributed by atoms with Gasteiger partial charge in [-0.25, -0.2) is 4.79 Å². The van der Waals surface area contributed by atoms with Gasteiger partial charge in [-0.3, -0.25) is 9.36 Å². The summed E-state index contributed by atoms with van der Waals surface area (Å²) in [5.41, 5.74) is 8.07. The highest BCUT2D eigenvalue weighted by molar-refractivity contribution is 5.95. The van der Waals surface area contributed by atoms with E-state index >= 15 is 0 Å². The fraction of sp³-hybridized carbons (Fsp3) is 0.467. The lowest BCUT2D eigenvalue weighted by atomic mass is 9.80. The van der Waals surface area contributed by atoms with Crippen molar-refractivity contribution in [3.05, 3.63) is 28.7 Å². The number of imidazole rings is 1. The zero-order valence-corrected chi connectivity index (χ0v) is 11.6. The van der Waals surface area contributed by atoms with Gasteiger partial charge in [-0.05, 0) is 43.9 Å². The lowest BCUT2D eigenvalue weighted by molar-refractivity contribution is -0.122. The number of carbonyl (C=O) groups is 1. The second-order valence-electron chi connectivity index (χ2n) is 6.18. The molecule has 2 aliphatic carbocycles. The Bertz CT molecular complexity index is 766. The molecular weight excluding hydrogens is 268 g/mol. The van der Waals surface area contributed by atoms with Gasteiger partial charge in [-0.2, -0.15) is 0 Å². The number of benzene rings is 1. The Balaban J connectivity index is 1.62. The molecule has 0 radical (unpaired) electrons. The largest absolute Gasteiger partial charge is 0.328 e. The second kappa shape index (κ2) is 4.46. The molecule has 1 aromatic carbocycles. The first kappa shape index (κ1) is 12.6. The molecule has 6 heteroatoms. The summed E-state index contributed by atoms with van der Waals surface area (Å²) in [6, 6.07) is 6.01. The summed E-state index contributed by atoms with van der Waals surface area (Å²) in [6.07, 6.45) is 3.60. The molecule has 0 atom stereocenters. The number of hydrogen-bond donors (Lipinski definition) is 3. The molecule has 2 saturated carbocycles. The van der Waals surface area contributed by atoms with Crippen molar-refractivity contribution in [2.24, 2.45) is 11.7 Å². The van der Waals surface area contributed by atoms with E-state index in [1.165, 1.54) is 0 Å². The van der Waals surface area contributed by atoms with Crippen LogP contribution in [0, 0.1) is 5.92 Å². The van der Waals surface area contributed by atoms with Gasteiger partial charge in [0.05, 0.1) is 11.0 Å². The molecule has 2 fully saturated rings. The van der Waals surface area contributed by atoms with Crippen molar-refractivity contribution in [3.8, 4) is 0 Å². The number of fused-ring (bicyclic) bond motifs is 1. The van der Waals surface area contributed by atoms with E-state index in [-0.39, 0.29) is 23.6 Å². The maximum atomic E-state index is 12.1. The Hall–Kier alpha value is -2.08. The third-order valence-electron chi connectivity index (χ3n) is 4.44. The molecule has 0 unspecified atom stereocenters. The van der Waals surface area contributed by atoms with Gasteiger partial charge in [0.1, 0.15) is 0 Å². The van der Waals surface area contributed by atoms with E-state index in [0.717, 1.165) is 42.4 Å². The molecule has 2 aliphatic rings. The third kappa shape index (κ3) is 2.15. The number of nitrogens with one attached hydrogen (secondary N) is 2. The van der Waals surface area contributed by atoms with E-state index in [1.54, 1.807) is 4.57 Å². The fourth-order valence-electron chi connectivity index (χ4n) is 3.01. The van der Waals surface area contributed by atoms with Crippen molar-refractivity contribution in [2.75, 3.05) is 5.32 Å². The predicted octanol–water partition coefficient (Wildman–Crippen LogP) is 1.34. The number of nitrogens with zero attached hydrogens (tertiary/aromatic N) is 1. The summed E-state index contributed by atoms with van der Waals surface area (Å²) in [6.45, 7) is 0. The van der Waals surface area contributed by atoms with Crippen LogP contribution in [0.1, 0.15) is 31.7 Å². The van der Waals surface area contributed by atoms with Gasteiger partial charge in [-0.15, -0.1) is 0 Å². The SMILES string of the molecule is NC1CC(C(=O)Nc2ccc3[nH]c(=O)n(C4CC4)c3c2)C1. The number of carbonyl (C=O) groups excluding carboxylic acids is 1. The van der Waals surface area contributed by atoms with Crippen LogP contribution in [0.15, 0.2) is 23.0 Å². The molecule has 6 nitrogen and oxygen atoms in total. The van der Waals surface area contributed by atoms with Crippen LogP contribution in [-0.2, 0) is 4.79 Å². The van der Waals surface area contributed by atoms with Crippen LogP contribution in [0.25, 0.3) is 11.0 Å². The average Bonchev–Trinajstić information content (AvgIpc) is 3.18.